The molecule has 3 aliphatic heterocycles. The molecular formula is C21H31N3O2. The van der Waals surface area contributed by atoms with Crippen LogP contribution in [0.25, 0.3) is 0 Å². The van der Waals surface area contributed by atoms with Gasteiger partial charge in [0.2, 0.25) is 5.91 Å². The van der Waals surface area contributed by atoms with Crippen LogP contribution in [0.3, 0.4) is 0 Å². The number of nitrogens with zero attached hydrogens (tertiary/aromatic N) is 2. The van der Waals surface area contributed by atoms with Crippen LogP contribution in [0.2, 0.25) is 0 Å². The minimum atomic E-state index is -0.0292. The molecule has 5 nitrogen and oxygen atoms in total. The second-order valence-electron chi connectivity index (χ2n) is 8.33. The molecule has 26 heavy (non-hydrogen) atoms. The van der Waals surface area contributed by atoms with Gasteiger partial charge in [-0.3, -0.25) is 4.79 Å². The highest BCUT2D eigenvalue weighted by atomic mass is 16.5. The Morgan fingerprint density at radius 1 is 1.15 bits per heavy atom. The van der Waals surface area contributed by atoms with E-state index in [1.807, 2.05) is 4.90 Å². The number of ether oxygens (including phenoxy) is 1. The van der Waals surface area contributed by atoms with Gasteiger partial charge in [-0.1, -0.05) is 18.2 Å². The van der Waals surface area contributed by atoms with Crippen molar-refractivity contribution in [3.63, 3.8) is 0 Å². The van der Waals surface area contributed by atoms with Crippen LogP contribution in [0.15, 0.2) is 24.3 Å². The maximum Gasteiger partial charge on any atom is 0.219 e. The summed E-state index contributed by atoms with van der Waals surface area (Å²) in [6, 6.07) is 9.35. The Morgan fingerprint density at radius 3 is 2.54 bits per heavy atom. The Kier molecular flexibility index (Phi) is 4.93. The molecule has 3 heterocycles. The topological polar surface area (TPSA) is 44.8 Å². The van der Waals surface area contributed by atoms with Gasteiger partial charge in [-0.05, 0) is 38.8 Å². The first kappa shape index (κ1) is 17.8. The first-order valence-electron chi connectivity index (χ1n) is 10.0. The monoisotopic (exact) mass is 357 g/mol. The summed E-state index contributed by atoms with van der Waals surface area (Å²) in [7, 11) is 2.20. The average molecular weight is 357 g/mol. The van der Waals surface area contributed by atoms with Crippen LogP contribution in [-0.4, -0.2) is 60.6 Å². The third kappa shape index (κ3) is 3.60. The summed E-state index contributed by atoms with van der Waals surface area (Å²) in [5.41, 5.74) is 1.27. The molecule has 0 unspecified atom stereocenters. The highest BCUT2D eigenvalue weighted by Crippen LogP contribution is 2.44. The molecule has 4 rings (SSSR count). The van der Waals surface area contributed by atoms with Gasteiger partial charge in [0, 0.05) is 57.2 Å². The van der Waals surface area contributed by atoms with Gasteiger partial charge in [0.05, 0.1) is 0 Å². The highest BCUT2D eigenvalue weighted by molar-refractivity contribution is 5.73. The van der Waals surface area contributed by atoms with Gasteiger partial charge in [0.25, 0.3) is 0 Å². The fourth-order valence-corrected chi connectivity index (χ4v) is 4.74. The molecule has 0 aromatic heterocycles. The number of likely N-dealkylation sites (tertiary alicyclic amines) is 2. The fourth-order valence-electron chi connectivity index (χ4n) is 4.74. The fraction of sp³-hybridized carbons (Fsp3) is 0.667. The lowest BCUT2D eigenvalue weighted by Crippen LogP contribution is -2.53. The lowest BCUT2D eigenvalue weighted by atomic mass is 9.80. The molecule has 1 N–H and O–H groups in total. The van der Waals surface area contributed by atoms with Crippen molar-refractivity contribution >= 4 is 5.91 Å². The molecule has 1 atom stereocenters. The van der Waals surface area contributed by atoms with Crippen molar-refractivity contribution in [3.05, 3.63) is 29.8 Å². The standard InChI is InChI=1S/C21H31N3O2/c1-16(25)24-11-7-17(8-12-24)22-19-15-21(9-13-23(2)14-10-21)26-20-6-4-3-5-18(19)20/h3-6,17,19,22H,7-15H2,1-2H3/t19-/m1/s1. The van der Waals surface area contributed by atoms with Crippen molar-refractivity contribution in [1.82, 2.24) is 15.1 Å². The van der Waals surface area contributed by atoms with Crippen LogP contribution in [0.4, 0.5) is 0 Å². The zero-order valence-corrected chi connectivity index (χ0v) is 16.0. The largest absolute Gasteiger partial charge is 0.487 e. The predicted octanol–water partition coefficient (Wildman–Crippen LogP) is 2.58. The molecule has 0 aliphatic carbocycles. The van der Waals surface area contributed by atoms with Crippen molar-refractivity contribution in [1.29, 1.82) is 0 Å². The maximum atomic E-state index is 11.6. The molecule has 0 bridgehead atoms. The van der Waals surface area contributed by atoms with E-state index in [1.54, 1.807) is 6.92 Å². The Bertz CT molecular complexity index is 646. The van der Waals surface area contributed by atoms with E-state index in [0.29, 0.717) is 12.1 Å². The van der Waals surface area contributed by atoms with Gasteiger partial charge in [-0.25, -0.2) is 0 Å². The maximum absolute atomic E-state index is 11.6. The number of carbonyl (C=O) groups excluding carboxylic acids is 1. The van der Waals surface area contributed by atoms with Crippen molar-refractivity contribution in [2.45, 2.75) is 56.7 Å². The summed E-state index contributed by atoms with van der Waals surface area (Å²) in [6.45, 7) is 5.62. The summed E-state index contributed by atoms with van der Waals surface area (Å²) in [6.07, 6.45) is 5.31. The van der Waals surface area contributed by atoms with Crippen LogP contribution in [0.1, 0.15) is 50.6 Å². The summed E-state index contributed by atoms with van der Waals surface area (Å²) < 4.78 is 6.56. The van der Waals surface area contributed by atoms with Crippen LogP contribution in [0, 0.1) is 0 Å². The molecule has 1 spiro atoms. The molecular weight excluding hydrogens is 326 g/mol. The van der Waals surface area contributed by atoms with Crippen LogP contribution in [0.5, 0.6) is 5.75 Å². The number of hydrogen-bond acceptors (Lipinski definition) is 4. The third-order valence-corrected chi connectivity index (χ3v) is 6.47. The summed E-state index contributed by atoms with van der Waals surface area (Å²) >= 11 is 0. The number of benzene rings is 1. The SMILES string of the molecule is CC(=O)N1CCC(N[C@@H]2CC3(CCN(C)CC3)Oc3ccccc32)CC1. The third-order valence-electron chi connectivity index (χ3n) is 6.47. The first-order chi connectivity index (χ1) is 12.5. The molecule has 2 fully saturated rings. The number of para-hydroxylation sites is 1. The van der Waals surface area contributed by atoms with Gasteiger partial charge >= 0.3 is 0 Å². The normalized spacial score (nSPS) is 26.4. The molecule has 1 amide bonds. The van der Waals surface area contributed by atoms with Gasteiger partial charge in [-0.2, -0.15) is 0 Å². The van der Waals surface area contributed by atoms with E-state index in [1.165, 1.54) is 5.56 Å². The molecule has 5 heteroatoms. The van der Waals surface area contributed by atoms with Crippen molar-refractivity contribution in [2.24, 2.45) is 0 Å². The van der Waals surface area contributed by atoms with E-state index in [2.05, 4.69) is 41.5 Å². The summed E-state index contributed by atoms with van der Waals surface area (Å²) in [5.74, 6) is 1.26. The van der Waals surface area contributed by atoms with Crippen LogP contribution < -0.4 is 10.1 Å². The van der Waals surface area contributed by atoms with E-state index in [-0.39, 0.29) is 11.5 Å². The van der Waals surface area contributed by atoms with Gasteiger partial charge in [0.15, 0.2) is 0 Å². The van der Waals surface area contributed by atoms with E-state index in [9.17, 15) is 4.79 Å². The molecule has 2 saturated heterocycles. The highest BCUT2D eigenvalue weighted by Gasteiger charge is 2.43. The predicted molar refractivity (Wildman–Crippen MR) is 102 cm³/mol. The van der Waals surface area contributed by atoms with Crippen LogP contribution >= 0.6 is 0 Å². The molecule has 0 saturated carbocycles. The van der Waals surface area contributed by atoms with Gasteiger partial charge < -0.3 is 19.9 Å². The number of piperidine rings is 2. The van der Waals surface area contributed by atoms with Crippen LogP contribution in [-0.2, 0) is 4.79 Å². The Hall–Kier alpha value is -1.59. The van der Waals surface area contributed by atoms with Crippen molar-refractivity contribution in [3.8, 4) is 5.75 Å². The first-order valence-corrected chi connectivity index (χ1v) is 10.0. The molecule has 1 aromatic rings. The smallest absolute Gasteiger partial charge is 0.219 e. The van der Waals surface area contributed by atoms with Crippen molar-refractivity contribution in [2.75, 3.05) is 33.2 Å². The minimum Gasteiger partial charge on any atom is -0.487 e. The quantitative estimate of drug-likeness (QED) is 0.884. The lowest BCUT2D eigenvalue weighted by Gasteiger charge is -2.47. The van der Waals surface area contributed by atoms with Gasteiger partial charge in [0.1, 0.15) is 11.4 Å². The second kappa shape index (κ2) is 7.20. The summed E-state index contributed by atoms with van der Waals surface area (Å²) in [5, 5.41) is 3.92. The second-order valence-corrected chi connectivity index (χ2v) is 8.33. The van der Waals surface area contributed by atoms with E-state index >= 15 is 0 Å². The zero-order chi connectivity index (χ0) is 18.1. The number of amides is 1. The Morgan fingerprint density at radius 2 is 1.85 bits per heavy atom. The van der Waals surface area contributed by atoms with Crippen molar-refractivity contribution < 1.29 is 9.53 Å². The minimum absolute atomic E-state index is 0.0292. The number of hydrogen-bond donors (Lipinski definition) is 1. The van der Waals surface area contributed by atoms with E-state index in [4.69, 9.17) is 4.74 Å². The lowest BCUT2D eigenvalue weighted by molar-refractivity contribution is -0.129. The number of fused-ring (bicyclic) bond motifs is 1. The number of rotatable bonds is 2. The molecule has 142 valence electrons. The molecule has 1 aromatic carbocycles. The number of nitrogens with one attached hydrogen (secondary N) is 1. The Balaban J connectivity index is 1.48. The summed E-state index contributed by atoms with van der Waals surface area (Å²) in [4.78, 5) is 15.9. The van der Waals surface area contributed by atoms with Gasteiger partial charge in [-0.15, -0.1) is 0 Å². The van der Waals surface area contributed by atoms with E-state index in [0.717, 1.165) is 64.0 Å². The zero-order valence-electron chi connectivity index (χ0n) is 16.0. The Labute approximate surface area is 156 Å². The number of carbonyl (C=O) groups is 1. The molecule has 3 aliphatic rings. The van der Waals surface area contributed by atoms with E-state index < -0.39 is 0 Å². The average Bonchev–Trinajstić information content (AvgIpc) is 2.65. The molecule has 0 radical (unpaired) electrons.